The van der Waals surface area contributed by atoms with Gasteiger partial charge in [-0.1, -0.05) is 0 Å². The van der Waals surface area contributed by atoms with Crippen molar-refractivity contribution in [2.45, 2.75) is 25.4 Å². The number of hydrogen-bond acceptors (Lipinski definition) is 6. The highest BCUT2D eigenvalue weighted by molar-refractivity contribution is 7.13. The van der Waals surface area contributed by atoms with Crippen molar-refractivity contribution >= 4 is 23.2 Å². The number of carbonyl (C=O) groups is 1. The SMILES string of the molecule is Cc1ccc(C(=O)N2CC3(CC[C@@H](CNc4ncccn4)CO3)C2)s1. The van der Waals surface area contributed by atoms with Crippen LogP contribution in [0, 0.1) is 12.8 Å². The van der Waals surface area contributed by atoms with Crippen molar-refractivity contribution in [1.82, 2.24) is 14.9 Å². The van der Waals surface area contributed by atoms with E-state index in [9.17, 15) is 4.79 Å². The van der Waals surface area contributed by atoms with Gasteiger partial charge < -0.3 is 15.0 Å². The molecule has 4 heterocycles. The molecular weight excluding hydrogens is 336 g/mol. The molecule has 0 saturated carbocycles. The van der Waals surface area contributed by atoms with Crippen LogP contribution in [0.3, 0.4) is 0 Å². The normalized spacial score (nSPS) is 21.8. The first-order chi connectivity index (χ1) is 12.1. The molecule has 0 bridgehead atoms. The Bertz CT molecular complexity index is 733. The number of hydrogen-bond donors (Lipinski definition) is 1. The summed E-state index contributed by atoms with van der Waals surface area (Å²) in [7, 11) is 0. The van der Waals surface area contributed by atoms with Gasteiger partial charge in [0.15, 0.2) is 0 Å². The van der Waals surface area contributed by atoms with Crippen molar-refractivity contribution in [1.29, 1.82) is 0 Å². The molecule has 1 spiro atoms. The van der Waals surface area contributed by atoms with Crippen LogP contribution in [0.5, 0.6) is 0 Å². The lowest BCUT2D eigenvalue weighted by atomic mass is 9.83. The summed E-state index contributed by atoms with van der Waals surface area (Å²) in [6.45, 7) is 4.99. The van der Waals surface area contributed by atoms with Crippen LogP contribution in [0.15, 0.2) is 30.6 Å². The summed E-state index contributed by atoms with van der Waals surface area (Å²) in [5.74, 6) is 1.26. The van der Waals surface area contributed by atoms with E-state index in [1.165, 1.54) is 4.88 Å². The Morgan fingerprint density at radius 2 is 2.20 bits per heavy atom. The van der Waals surface area contributed by atoms with Crippen LogP contribution in [0.2, 0.25) is 0 Å². The molecule has 2 aromatic rings. The first-order valence-electron chi connectivity index (χ1n) is 8.64. The minimum absolute atomic E-state index is 0.123. The average Bonchev–Trinajstić information content (AvgIpc) is 3.05. The molecule has 7 heteroatoms. The fourth-order valence-electron chi connectivity index (χ4n) is 3.45. The average molecular weight is 358 g/mol. The Balaban J connectivity index is 1.24. The number of nitrogens with one attached hydrogen (secondary N) is 1. The predicted molar refractivity (Wildman–Crippen MR) is 96.9 cm³/mol. The third-order valence-electron chi connectivity index (χ3n) is 4.94. The number of rotatable bonds is 4. The summed E-state index contributed by atoms with van der Waals surface area (Å²) >= 11 is 1.56. The van der Waals surface area contributed by atoms with Crippen LogP contribution in [0.25, 0.3) is 0 Å². The quantitative estimate of drug-likeness (QED) is 0.910. The van der Waals surface area contributed by atoms with E-state index in [0.717, 1.165) is 30.9 Å². The molecule has 2 aliphatic rings. The molecule has 2 fully saturated rings. The number of thiophene rings is 1. The third kappa shape index (κ3) is 3.52. The lowest BCUT2D eigenvalue weighted by Gasteiger charge is -2.52. The van der Waals surface area contributed by atoms with Gasteiger partial charge in [0.1, 0.15) is 5.60 Å². The maximum Gasteiger partial charge on any atom is 0.264 e. The summed E-state index contributed by atoms with van der Waals surface area (Å²) in [4.78, 5) is 24.7. The minimum atomic E-state index is -0.123. The van der Waals surface area contributed by atoms with Gasteiger partial charge in [-0.05, 0) is 43.9 Å². The Morgan fingerprint density at radius 3 is 2.84 bits per heavy atom. The van der Waals surface area contributed by atoms with Crippen LogP contribution in [-0.4, -0.2) is 52.6 Å². The molecule has 25 heavy (non-hydrogen) atoms. The second-order valence-corrected chi connectivity index (χ2v) is 8.21. The molecule has 0 aliphatic carbocycles. The fourth-order valence-corrected chi connectivity index (χ4v) is 4.29. The van der Waals surface area contributed by atoms with Crippen LogP contribution in [0.1, 0.15) is 27.4 Å². The first-order valence-corrected chi connectivity index (χ1v) is 9.46. The monoisotopic (exact) mass is 358 g/mol. The molecule has 2 saturated heterocycles. The van der Waals surface area contributed by atoms with Crippen molar-refractivity contribution < 1.29 is 9.53 Å². The highest BCUT2D eigenvalue weighted by Gasteiger charge is 2.48. The van der Waals surface area contributed by atoms with E-state index in [-0.39, 0.29) is 11.5 Å². The topological polar surface area (TPSA) is 67.4 Å². The van der Waals surface area contributed by atoms with Crippen molar-refractivity contribution in [3.63, 3.8) is 0 Å². The van der Waals surface area contributed by atoms with E-state index in [2.05, 4.69) is 15.3 Å². The van der Waals surface area contributed by atoms with Crippen molar-refractivity contribution in [3.05, 3.63) is 40.3 Å². The molecule has 1 N–H and O–H groups in total. The standard InChI is InChI=1S/C18H22N4O2S/c1-13-3-4-15(25-13)16(23)22-11-18(12-22)6-5-14(10-24-18)9-21-17-19-7-2-8-20-17/h2-4,7-8,14H,5-6,9-12H2,1H3,(H,19,20,21)/t14-/m0/s1. The van der Waals surface area contributed by atoms with Crippen LogP contribution in [-0.2, 0) is 4.74 Å². The van der Waals surface area contributed by atoms with Crippen molar-refractivity contribution in [3.8, 4) is 0 Å². The van der Waals surface area contributed by atoms with E-state index >= 15 is 0 Å². The zero-order chi connectivity index (χ0) is 17.3. The summed E-state index contributed by atoms with van der Waals surface area (Å²) < 4.78 is 6.15. The molecule has 132 valence electrons. The molecule has 2 aromatic heterocycles. The maximum atomic E-state index is 12.4. The van der Waals surface area contributed by atoms with Gasteiger partial charge in [-0.2, -0.15) is 0 Å². The number of nitrogens with zero attached hydrogens (tertiary/aromatic N) is 3. The highest BCUT2D eigenvalue weighted by Crippen LogP contribution is 2.37. The van der Waals surface area contributed by atoms with Crippen LogP contribution < -0.4 is 5.32 Å². The zero-order valence-corrected chi connectivity index (χ0v) is 15.1. The number of carbonyl (C=O) groups excluding carboxylic acids is 1. The van der Waals surface area contributed by atoms with Crippen molar-refractivity contribution in [2.75, 3.05) is 31.6 Å². The van der Waals surface area contributed by atoms with Gasteiger partial charge in [0, 0.05) is 23.8 Å². The van der Waals surface area contributed by atoms with Gasteiger partial charge in [0.05, 0.1) is 24.6 Å². The molecular formula is C18H22N4O2S. The van der Waals surface area contributed by atoms with Gasteiger partial charge in [-0.15, -0.1) is 11.3 Å². The van der Waals surface area contributed by atoms with Crippen molar-refractivity contribution in [2.24, 2.45) is 5.92 Å². The summed E-state index contributed by atoms with van der Waals surface area (Å²) in [5, 5.41) is 3.26. The molecule has 4 rings (SSSR count). The molecule has 0 aromatic carbocycles. The number of aryl methyl sites for hydroxylation is 1. The van der Waals surface area contributed by atoms with E-state index in [1.807, 2.05) is 24.0 Å². The number of likely N-dealkylation sites (tertiary alicyclic amines) is 1. The predicted octanol–water partition coefficient (Wildman–Crippen LogP) is 2.58. The van der Waals surface area contributed by atoms with Crippen LogP contribution in [0.4, 0.5) is 5.95 Å². The maximum absolute atomic E-state index is 12.4. The Kier molecular flexibility index (Phi) is 4.43. The van der Waals surface area contributed by atoms with Crippen LogP contribution >= 0.6 is 11.3 Å². The molecule has 0 radical (unpaired) electrons. The van der Waals surface area contributed by atoms with Gasteiger partial charge in [0.25, 0.3) is 5.91 Å². The summed E-state index contributed by atoms with van der Waals surface area (Å²) in [6, 6.07) is 5.72. The third-order valence-corrected chi connectivity index (χ3v) is 5.93. The van der Waals surface area contributed by atoms with E-state index < -0.39 is 0 Å². The van der Waals surface area contributed by atoms with E-state index in [1.54, 1.807) is 29.8 Å². The minimum Gasteiger partial charge on any atom is -0.371 e. The van der Waals surface area contributed by atoms with Gasteiger partial charge in [-0.3, -0.25) is 4.79 Å². The van der Waals surface area contributed by atoms with Gasteiger partial charge in [0.2, 0.25) is 5.95 Å². The molecule has 1 atom stereocenters. The Hall–Kier alpha value is -1.99. The second-order valence-electron chi connectivity index (χ2n) is 6.92. The smallest absolute Gasteiger partial charge is 0.264 e. The van der Waals surface area contributed by atoms with Gasteiger partial charge in [-0.25, -0.2) is 9.97 Å². The lowest BCUT2D eigenvalue weighted by Crippen LogP contribution is -2.66. The summed E-state index contributed by atoms with van der Waals surface area (Å²) in [5.41, 5.74) is -0.123. The van der Waals surface area contributed by atoms with Gasteiger partial charge >= 0.3 is 0 Å². The fraction of sp³-hybridized carbons (Fsp3) is 0.500. The number of amides is 1. The molecule has 0 unspecified atom stereocenters. The number of anilines is 1. The van der Waals surface area contributed by atoms with E-state index in [4.69, 9.17) is 4.74 Å². The first kappa shape index (κ1) is 16.5. The van der Waals surface area contributed by atoms with E-state index in [0.29, 0.717) is 25.0 Å². The molecule has 6 nitrogen and oxygen atoms in total. The number of aromatic nitrogens is 2. The molecule has 2 aliphatic heterocycles. The number of ether oxygens (including phenoxy) is 1. The largest absolute Gasteiger partial charge is 0.371 e. The molecule has 1 amide bonds. The highest BCUT2D eigenvalue weighted by atomic mass is 32.1. The zero-order valence-electron chi connectivity index (χ0n) is 14.3. The summed E-state index contributed by atoms with van der Waals surface area (Å²) in [6.07, 6.45) is 5.57. The Morgan fingerprint density at radius 1 is 1.40 bits per heavy atom. The second kappa shape index (κ2) is 6.72. The lowest BCUT2D eigenvalue weighted by molar-refractivity contribution is -0.165. The Labute approximate surface area is 151 Å².